The van der Waals surface area contributed by atoms with Crippen LogP contribution in [0.4, 0.5) is 5.13 Å². The molecule has 0 radical (unpaired) electrons. The topological polar surface area (TPSA) is 91.2 Å². The molecule has 1 N–H and O–H groups in total. The average molecular weight is 510 g/mol. The zero-order chi connectivity index (χ0) is 24.8. The standard InChI is InChI=1S/C25H27N5O3S2/c1-5-30-22(13-33-20-10-8-19(32-4)9-11-20)28-29-25(30)35-15-23(31)27-24-26-21(14-34-24)18-7-6-16(2)17(3)12-18/h6-12,14H,5,13,15H2,1-4H3,(H,26,27,31). The van der Waals surface area contributed by atoms with Crippen LogP contribution >= 0.6 is 23.1 Å². The van der Waals surface area contributed by atoms with Crippen LogP contribution in [-0.2, 0) is 17.9 Å². The summed E-state index contributed by atoms with van der Waals surface area (Å²) in [5.41, 5.74) is 4.35. The fraction of sp³-hybridized carbons (Fsp3) is 0.280. The maximum atomic E-state index is 12.5. The Morgan fingerprint density at radius 1 is 1.09 bits per heavy atom. The van der Waals surface area contributed by atoms with E-state index in [9.17, 15) is 4.79 Å². The molecule has 2 heterocycles. The van der Waals surface area contributed by atoms with Gasteiger partial charge in [-0.25, -0.2) is 4.98 Å². The van der Waals surface area contributed by atoms with Gasteiger partial charge >= 0.3 is 0 Å². The maximum Gasteiger partial charge on any atom is 0.236 e. The van der Waals surface area contributed by atoms with Gasteiger partial charge in [-0.1, -0.05) is 23.9 Å². The molecular formula is C25H27N5O3S2. The quantitative estimate of drug-likeness (QED) is 0.288. The van der Waals surface area contributed by atoms with E-state index in [0.717, 1.165) is 17.0 Å². The lowest BCUT2D eigenvalue weighted by Gasteiger charge is -2.09. The Bertz CT molecular complexity index is 1300. The molecule has 35 heavy (non-hydrogen) atoms. The number of methoxy groups -OCH3 is 1. The van der Waals surface area contributed by atoms with Gasteiger partial charge < -0.3 is 19.4 Å². The minimum absolute atomic E-state index is 0.141. The monoisotopic (exact) mass is 509 g/mol. The van der Waals surface area contributed by atoms with Crippen molar-refractivity contribution in [1.82, 2.24) is 19.7 Å². The van der Waals surface area contributed by atoms with Crippen LogP contribution in [-0.4, -0.2) is 38.5 Å². The number of anilines is 1. The first-order valence-corrected chi connectivity index (χ1v) is 13.0. The number of ether oxygens (including phenoxy) is 2. The molecule has 182 valence electrons. The summed E-state index contributed by atoms with van der Waals surface area (Å²) < 4.78 is 12.9. The van der Waals surface area contributed by atoms with Crippen molar-refractivity contribution >= 4 is 34.1 Å². The molecule has 0 aliphatic rings. The number of aryl methyl sites for hydroxylation is 2. The smallest absolute Gasteiger partial charge is 0.236 e. The van der Waals surface area contributed by atoms with Crippen molar-refractivity contribution in [3.05, 3.63) is 64.8 Å². The van der Waals surface area contributed by atoms with Crippen LogP contribution in [0.3, 0.4) is 0 Å². The summed E-state index contributed by atoms with van der Waals surface area (Å²) in [6, 6.07) is 13.6. The molecule has 0 fully saturated rings. The maximum absolute atomic E-state index is 12.5. The number of hydrogen-bond donors (Lipinski definition) is 1. The number of amides is 1. The minimum Gasteiger partial charge on any atom is -0.497 e. The molecule has 0 saturated heterocycles. The van der Waals surface area contributed by atoms with Crippen LogP contribution in [0.1, 0.15) is 23.9 Å². The summed E-state index contributed by atoms with van der Waals surface area (Å²) in [5.74, 6) is 2.25. The Morgan fingerprint density at radius 3 is 2.57 bits per heavy atom. The molecule has 2 aromatic heterocycles. The van der Waals surface area contributed by atoms with Gasteiger partial charge in [0.25, 0.3) is 0 Å². The predicted molar refractivity (Wildman–Crippen MR) is 139 cm³/mol. The molecule has 0 saturated carbocycles. The van der Waals surface area contributed by atoms with Crippen molar-refractivity contribution in [3.63, 3.8) is 0 Å². The van der Waals surface area contributed by atoms with Crippen LogP contribution in [0.15, 0.2) is 53.0 Å². The number of aromatic nitrogens is 4. The number of carbonyl (C=O) groups is 1. The van der Waals surface area contributed by atoms with E-state index < -0.39 is 0 Å². The Kier molecular flexibility index (Phi) is 8.04. The number of rotatable bonds is 10. The third-order valence-corrected chi connectivity index (χ3v) is 7.15. The number of nitrogens with zero attached hydrogens (tertiary/aromatic N) is 4. The lowest BCUT2D eigenvalue weighted by molar-refractivity contribution is -0.113. The highest BCUT2D eigenvalue weighted by atomic mass is 32.2. The predicted octanol–water partition coefficient (Wildman–Crippen LogP) is 5.36. The van der Waals surface area contributed by atoms with Crippen LogP contribution in [0.5, 0.6) is 11.5 Å². The Morgan fingerprint density at radius 2 is 1.86 bits per heavy atom. The van der Waals surface area contributed by atoms with Crippen LogP contribution in [0.2, 0.25) is 0 Å². The SMILES string of the molecule is CCn1c(COc2ccc(OC)cc2)nnc1SCC(=O)Nc1nc(-c2ccc(C)c(C)c2)cs1. The fourth-order valence-corrected chi connectivity index (χ4v) is 4.88. The zero-order valence-corrected chi connectivity index (χ0v) is 21.7. The average Bonchev–Trinajstić information content (AvgIpc) is 3.50. The highest BCUT2D eigenvalue weighted by Crippen LogP contribution is 2.27. The first-order chi connectivity index (χ1) is 17.0. The first kappa shape index (κ1) is 24.7. The Labute approximate surface area is 212 Å². The van der Waals surface area contributed by atoms with Gasteiger partial charge in [-0.15, -0.1) is 21.5 Å². The second kappa shape index (κ2) is 11.4. The zero-order valence-electron chi connectivity index (χ0n) is 20.1. The van der Waals surface area contributed by atoms with E-state index in [1.807, 2.05) is 47.2 Å². The Balaban J connectivity index is 1.32. The highest BCUT2D eigenvalue weighted by molar-refractivity contribution is 7.99. The molecule has 0 aliphatic carbocycles. The molecule has 4 aromatic rings. The van der Waals surface area contributed by atoms with E-state index in [1.54, 1.807) is 7.11 Å². The van der Waals surface area contributed by atoms with Gasteiger partial charge in [0, 0.05) is 17.5 Å². The molecule has 1 amide bonds. The molecule has 8 nitrogen and oxygen atoms in total. The van der Waals surface area contributed by atoms with Crippen LogP contribution < -0.4 is 14.8 Å². The molecule has 0 bridgehead atoms. The van der Waals surface area contributed by atoms with E-state index in [4.69, 9.17) is 9.47 Å². The highest BCUT2D eigenvalue weighted by Gasteiger charge is 2.15. The molecule has 0 unspecified atom stereocenters. The number of benzene rings is 2. The number of nitrogens with one attached hydrogen (secondary N) is 1. The molecule has 10 heteroatoms. The lowest BCUT2D eigenvalue weighted by atomic mass is 10.1. The largest absolute Gasteiger partial charge is 0.497 e. The van der Waals surface area contributed by atoms with Crippen molar-refractivity contribution in [2.45, 2.75) is 39.1 Å². The summed E-state index contributed by atoms with van der Waals surface area (Å²) in [5, 5.41) is 14.6. The van der Waals surface area contributed by atoms with Gasteiger partial charge in [0.2, 0.25) is 5.91 Å². The molecule has 0 spiro atoms. The second-order valence-corrected chi connectivity index (χ2v) is 9.58. The van der Waals surface area contributed by atoms with E-state index in [2.05, 4.69) is 46.5 Å². The van der Waals surface area contributed by atoms with Crippen LogP contribution in [0.25, 0.3) is 11.3 Å². The van der Waals surface area contributed by atoms with Crippen molar-refractivity contribution < 1.29 is 14.3 Å². The second-order valence-electron chi connectivity index (χ2n) is 7.78. The summed E-state index contributed by atoms with van der Waals surface area (Å²) in [7, 11) is 1.62. The number of hydrogen-bond acceptors (Lipinski definition) is 8. The number of carbonyl (C=O) groups excluding carboxylic acids is 1. The summed E-state index contributed by atoms with van der Waals surface area (Å²) in [4.78, 5) is 17.1. The van der Waals surface area contributed by atoms with Gasteiger partial charge in [0.1, 0.15) is 18.1 Å². The number of thioether (sulfide) groups is 1. The van der Waals surface area contributed by atoms with Gasteiger partial charge in [-0.05, 0) is 62.2 Å². The van der Waals surface area contributed by atoms with Crippen molar-refractivity contribution in [3.8, 4) is 22.8 Å². The third-order valence-electron chi connectivity index (χ3n) is 5.42. The molecule has 0 atom stereocenters. The van der Waals surface area contributed by atoms with Gasteiger partial charge in [-0.3, -0.25) is 4.79 Å². The summed E-state index contributed by atoms with van der Waals surface area (Å²) >= 11 is 2.75. The van der Waals surface area contributed by atoms with Crippen molar-refractivity contribution in [2.75, 3.05) is 18.2 Å². The molecule has 0 aliphatic heterocycles. The first-order valence-electron chi connectivity index (χ1n) is 11.1. The summed E-state index contributed by atoms with van der Waals surface area (Å²) in [6.07, 6.45) is 0. The van der Waals surface area contributed by atoms with Crippen molar-refractivity contribution in [1.29, 1.82) is 0 Å². The normalized spacial score (nSPS) is 10.9. The molecule has 4 rings (SSSR count). The Hall–Kier alpha value is -3.37. The minimum atomic E-state index is -0.141. The van der Waals surface area contributed by atoms with Crippen LogP contribution in [0, 0.1) is 13.8 Å². The number of thiazole rings is 1. The molecular weight excluding hydrogens is 482 g/mol. The third kappa shape index (κ3) is 6.20. The lowest BCUT2D eigenvalue weighted by Crippen LogP contribution is -2.14. The fourth-order valence-electron chi connectivity index (χ4n) is 3.32. The van der Waals surface area contributed by atoms with E-state index in [0.29, 0.717) is 28.4 Å². The van der Waals surface area contributed by atoms with Gasteiger partial charge in [0.05, 0.1) is 18.6 Å². The summed E-state index contributed by atoms with van der Waals surface area (Å²) in [6.45, 7) is 7.12. The van der Waals surface area contributed by atoms with E-state index >= 15 is 0 Å². The molecule has 2 aromatic carbocycles. The van der Waals surface area contributed by atoms with E-state index in [1.165, 1.54) is 34.2 Å². The van der Waals surface area contributed by atoms with Gasteiger partial charge in [0.15, 0.2) is 16.1 Å². The van der Waals surface area contributed by atoms with Crippen molar-refractivity contribution in [2.24, 2.45) is 0 Å². The van der Waals surface area contributed by atoms with E-state index in [-0.39, 0.29) is 18.3 Å². The van der Waals surface area contributed by atoms with Gasteiger partial charge in [-0.2, -0.15) is 0 Å².